The number of hydrogen-bond donors (Lipinski definition) is 1. The largest absolute Gasteiger partial charge is 0.361 e. The van der Waals surface area contributed by atoms with Crippen molar-refractivity contribution in [3.05, 3.63) is 46.8 Å². The van der Waals surface area contributed by atoms with E-state index in [1.54, 1.807) is 19.9 Å². The summed E-state index contributed by atoms with van der Waals surface area (Å²) < 4.78 is 31.7. The van der Waals surface area contributed by atoms with Crippen LogP contribution in [0, 0.1) is 6.92 Å². The molecule has 1 aromatic carbocycles. The molecule has 21 heavy (non-hydrogen) atoms. The molecule has 1 heterocycles. The summed E-state index contributed by atoms with van der Waals surface area (Å²) in [7, 11) is -3.61. The lowest BCUT2D eigenvalue weighted by Crippen LogP contribution is -2.27. The van der Waals surface area contributed by atoms with Crippen molar-refractivity contribution < 1.29 is 12.9 Å². The second-order valence-corrected chi connectivity index (χ2v) is 6.31. The number of aromatic nitrogens is 1. The molecule has 1 aromatic heterocycles. The summed E-state index contributed by atoms with van der Waals surface area (Å²) in [6.07, 6.45) is 0. The van der Waals surface area contributed by atoms with E-state index in [1.807, 2.05) is 5.83 Å². The van der Waals surface area contributed by atoms with Crippen LogP contribution >= 0.6 is 27.5 Å². The average molecular weight is 396 g/mol. The number of hydrogen-bond acceptors (Lipinski definition) is 4. The van der Waals surface area contributed by atoms with Gasteiger partial charge in [-0.05, 0) is 43.9 Å². The van der Waals surface area contributed by atoms with Crippen molar-refractivity contribution in [3.63, 3.8) is 0 Å². The number of nitrogens with one attached hydrogen (secondary N) is 1. The third-order valence-corrected chi connectivity index (χ3v) is 4.35. The second-order valence-electron chi connectivity index (χ2n) is 4.16. The van der Waals surface area contributed by atoms with Gasteiger partial charge in [0.2, 0.25) is 10.0 Å². The van der Waals surface area contributed by atoms with E-state index < -0.39 is 16.1 Å². The first kappa shape index (κ1) is 18.2. The molecule has 0 radical (unpaired) electrons. The topological polar surface area (TPSA) is 72.2 Å². The van der Waals surface area contributed by atoms with Gasteiger partial charge in [0, 0.05) is 11.1 Å². The van der Waals surface area contributed by atoms with Crippen LogP contribution in [0.5, 0.6) is 0 Å². The van der Waals surface area contributed by atoms with Crippen LogP contribution < -0.4 is 4.72 Å². The van der Waals surface area contributed by atoms with E-state index in [1.165, 1.54) is 24.3 Å². The minimum absolute atomic E-state index is 0.156. The molecule has 1 N–H and O–H groups in total. The fourth-order valence-corrected chi connectivity index (χ4v) is 2.91. The predicted octanol–water partition coefficient (Wildman–Crippen LogP) is 3.69. The lowest BCUT2D eigenvalue weighted by molar-refractivity contribution is 0.385. The lowest BCUT2D eigenvalue weighted by atomic mass is 10.2. The van der Waals surface area contributed by atoms with E-state index in [2.05, 4.69) is 25.8 Å². The van der Waals surface area contributed by atoms with Crippen LogP contribution in [0.3, 0.4) is 0 Å². The summed E-state index contributed by atoms with van der Waals surface area (Å²) in [5.74, 6) is 2.44. The molecule has 1 atom stereocenters. The Labute approximate surface area is 137 Å². The molecule has 0 aliphatic rings. The molecule has 0 amide bonds. The van der Waals surface area contributed by atoms with Crippen molar-refractivity contribution in [2.24, 2.45) is 0 Å². The van der Waals surface area contributed by atoms with E-state index in [0.717, 1.165) is 0 Å². The molecule has 5 nitrogen and oxygen atoms in total. The van der Waals surface area contributed by atoms with Gasteiger partial charge >= 0.3 is 0 Å². The van der Waals surface area contributed by atoms with Crippen LogP contribution in [0.2, 0.25) is 5.02 Å². The molecule has 0 aliphatic carbocycles. The van der Waals surface area contributed by atoms with Gasteiger partial charge in [-0.3, -0.25) is 0 Å². The predicted molar refractivity (Wildman–Crippen MR) is 86.3 cm³/mol. The number of halogens is 2. The van der Waals surface area contributed by atoms with Gasteiger partial charge in [-0.25, -0.2) is 13.1 Å². The highest BCUT2D eigenvalue weighted by atomic mass is 79.9. The Morgan fingerprint density at radius 2 is 1.86 bits per heavy atom. The molecule has 0 saturated heterocycles. The number of benzene rings is 1. The zero-order valence-corrected chi connectivity index (χ0v) is 15.0. The Hall–Kier alpha value is -0.890. The second kappa shape index (κ2) is 7.93. The van der Waals surface area contributed by atoms with Crippen molar-refractivity contribution in [3.8, 4) is 0 Å². The third-order valence-electron chi connectivity index (χ3n) is 2.55. The van der Waals surface area contributed by atoms with E-state index in [4.69, 9.17) is 16.1 Å². The van der Waals surface area contributed by atoms with Crippen LogP contribution in [0.25, 0.3) is 0 Å². The highest BCUT2D eigenvalue weighted by molar-refractivity contribution is 9.08. The summed E-state index contributed by atoms with van der Waals surface area (Å²) >= 11 is 8.67. The molecule has 2 aromatic rings. The fourth-order valence-electron chi connectivity index (χ4n) is 1.56. The minimum Gasteiger partial charge on any atom is -0.361 e. The number of rotatable bonds is 4. The lowest BCUT2D eigenvalue weighted by Gasteiger charge is -2.11. The smallest absolute Gasteiger partial charge is 0.241 e. The maximum atomic E-state index is 12.1. The maximum Gasteiger partial charge on any atom is 0.241 e. The quantitative estimate of drug-likeness (QED) is 0.801. The van der Waals surface area contributed by atoms with Gasteiger partial charge < -0.3 is 4.52 Å². The van der Waals surface area contributed by atoms with E-state index in [9.17, 15) is 8.42 Å². The molecule has 116 valence electrons. The van der Waals surface area contributed by atoms with E-state index >= 15 is 0 Å². The van der Waals surface area contributed by atoms with E-state index in [-0.39, 0.29) is 4.90 Å². The Morgan fingerprint density at radius 1 is 1.29 bits per heavy atom. The molecule has 2 rings (SSSR count). The molecule has 0 spiro atoms. The molecule has 0 bridgehead atoms. The normalized spacial score (nSPS) is 12.4. The summed E-state index contributed by atoms with van der Waals surface area (Å²) in [5, 5.41) is 4.27. The highest BCUT2D eigenvalue weighted by Crippen LogP contribution is 2.18. The zero-order chi connectivity index (χ0) is 16.0. The first-order chi connectivity index (χ1) is 9.88. The average Bonchev–Trinajstić information content (AvgIpc) is 2.88. The Balaban J connectivity index is 0.00000106. The van der Waals surface area contributed by atoms with Crippen molar-refractivity contribution in [2.75, 3.05) is 5.83 Å². The van der Waals surface area contributed by atoms with Crippen LogP contribution in [-0.2, 0) is 10.0 Å². The van der Waals surface area contributed by atoms with Crippen LogP contribution in [0.4, 0.5) is 0 Å². The fraction of sp³-hybridized carbons (Fsp3) is 0.308. The van der Waals surface area contributed by atoms with E-state index in [0.29, 0.717) is 16.5 Å². The molecule has 0 aliphatic heterocycles. The maximum absolute atomic E-state index is 12.1. The standard InChI is InChI=1S/C12H13ClN2O3S.CH3Br/c1-8-7-12(14-18-8)9(2)15-19(16,17)11-5-3-10(13)4-6-11;1-2/h3-7,9,15H,1-2H3;1H3. The molecular formula is C13H16BrClN2O3S. The Morgan fingerprint density at radius 3 is 2.33 bits per heavy atom. The molecule has 1 unspecified atom stereocenters. The molecule has 0 saturated carbocycles. The Bertz CT molecular complexity index is 671. The molecule has 8 heteroatoms. The molecular weight excluding hydrogens is 380 g/mol. The van der Waals surface area contributed by atoms with Crippen LogP contribution in [0.1, 0.15) is 24.4 Å². The van der Waals surface area contributed by atoms with Crippen LogP contribution in [0.15, 0.2) is 39.8 Å². The minimum atomic E-state index is -3.61. The van der Waals surface area contributed by atoms with Gasteiger partial charge in [0.05, 0.1) is 10.9 Å². The zero-order valence-electron chi connectivity index (χ0n) is 11.8. The Kier molecular flexibility index (Phi) is 6.86. The van der Waals surface area contributed by atoms with Gasteiger partial charge in [0.15, 0.2) is 0 Å². The molecule has 0 fully saturated rings. The van der Waals surface area contributed by atoms with Crippen molar-refractivity contribution in [1.82, 2.24) is 9.88 Å². The van der Waals surface area contributed by atoms with Crippen molar-refractivity contribution in [1.29, 1.82) is 0 Å². The number of sulfonamides is 1. The summed E-state index contributed by atoms with van der Waals surface area (Å²) in [4.78, 5) is 0.156. The summed E-state index contributed by atoms with van der Waals surface area (Å²) in [5.41, 5.74) is 0.537. The van der Waals surface area contributed by atoms with Gasteiger partial charge in [-0.1, -0.05) is 32.7 Å². The van der Waals surface area contributed by atoms with Gasteiger partial charge in [0.1, 0.15) is 11.5 Å². The van der Waals surface area contributed by atoms with Gasteiger partial charge in [-0.2, -0.15) is 0 Å². The van der Waals surface area contributed by atoms with Crippen LogP contribution in [-0.4, -0.2) is 19.4 Å². The SMILES string of the molecule is CBr.Cc1cc(C(C)NS(=O)(=O)c2ccc(Cl)cc2)no1. The van der Waals surface area contributed by atoms with Crippen molar-refractivity contribution >= 4 is 37.6 Å². The van der Waals surface area contributed by atoms with Gasteiger partial charge in [-0.15, -0.1) is 0 Å². The number of nitrogens with zero attached hydrogens (tertiary/aromatic N) is 1. The monoisotopic (exact) mass is 394 g/mol. The summed E-state index contributed by atoms with van der Waals surface area (Å²) in [6.45, 7) is 3.45. The first-order valence-corrected chi connectivity index (χ1v) is 9.42. The van der Waals surface area contributed by atoms with Crippen molar-refractivity contribution in [2.45, 2.75) is 24.8 Å². The number of aryl methyl sites for hydroxylation is 1. The highest BCUT2D eigenvalue weighted by Gasteiger charge is 2.20. The first-order valence-electron chi connectivity index (χ1n) is 5.97. The number of alkyl halides is 1. The van der Waals surface area contributed by atoms with Gasteiger partial charge in [0.25, 0.3) is 0 Å². The summed E-state index contributed by atoms with van der Waals surface area (Å²) in [6, 6.07) is 7.17. The third kappa shape index (κ3) is 5.10.